The van der Waals surface area contributed by atoms with E-state index >= 15 is 0 Å². The van der Waals surface area contributed by atoms with Crippen molar-refractivity contribution in [3.8, 4) is 0 Å². The second kappa shape index (κ2) is 8.28. The Bertz CT molecular complexity index is 832. The quantitative estimate of drug-likeness (QED) is 0.803. The first-order chi connectivity index (χ1) is 13.1. The van der Waals surface area contributed by atoms with Crippen LogP contribution in [0.5, 0.6) is 0 Å². The van der Waals surface area contributed by atoms with E-state index in [1.807, 2.05) is 6.92 Å². The lowest BCUT2D eigenvalue weighted by Gasteiger charge is -2.27. The van der Waals surface area contributed by atoms with Crippen molar-refractivity contribution in [3.63, 3.8) is 0 Å². The van der Waals surface area contributed by atoms with Crippen LogP contribution in [0.15, 0.2) is 30.7 Å². The average Bonchev–Trinajstić information content (AvgIpc) is 2.95. The van der Waals surface area contributed by atoms with Crippen LogP contribution in [-0.4, -0.2) is 58.5 Å². The van der Waals surface area contributed by atoms with Crippen molar-refractivity contribution in [2.24, 2.45) is 0 Å². The molecule has 1 aliphatic heterocycles. The minimum atomic E-state index is -1.05. The van der Waals surface area contributed by atoms with Crippen LogP contribution in [0.4, 0.5) is 10.6 Å². The molecule has 1 unspecified atom stereocenters. The fraction of sp³-hybridized carbons (Fsp3) is 0.353. The van der Waals surface area contributed by atoms with Gasteiger partial charge in [-0.05, 0) is 26.1 Å². The number of carbonyl (C=O) groups is 2. The Labute approximate surface area is 161 Å². The van der Waals surface area contributed by atoms with Crippen LogP contribution in [-0.2, 0) is 4.74 Å². The summed E-state index contributed by atoms with van der Waals surface area (Å²) in [5, 5.41) is 3.41. The molecule has 1 atom stereocenters. The number of nitrogens with one attached hydrogen (secondary N) is 1. The molecule has 0 saturated carbocycles. The molecule has 0 fully saturated rings. The lowest BCUT2D eigenvalue weighted by Crippen LogP contribution is -2.39. The highest BCUT2D eigenvalue weighted by Crippen LogP contribution is 2.35. The lowest BCUT2D eigenvalue weighted by molar-refractivity contribution is 0.0605. The molecule has 10 heteroatoms. The van der Waals surface area contributed by atoms with E-state index in [4.69, 9.17) is 16.3 Å². The molecule has 27 heavy (non-hydrogen) atoms. The highest BCUT2D eigenvalue weighted by Gasteiger charge is 2.44. The SMILES string of the molecule is CCN(CCNC)C(=O)OC1c2nccnc2C(=O)N1c1ccc(Cl)cn1. The number of fused-ring (bicyclic) bond motifs is 1. The first kappa shape index (κ1) is 19.0. The maximum atomic E-state index is 12.8. The van der Waals surface area contributed by atoms with Crippen molar-refractivity contribution in [1.29, 1.82) is 0 Å². The minimum absolute atomic E-state index is 0.130. The molecule has 142 valence electrons. The van der Waals surface area contributed by atoms with Gasteiger partial charge >= 0.3 is 6.09 Å². The zero-order chi connectivity index (χ0) is 19.4. The normalized spacial score (nSPS) is 15.6. The topological polar surface area (TPSA) is 101 Å². The third kappa shape index (κ3) is 3.83. The van der Waals surface area contributed by atoms with Gasteiger partial charge in [-0.2, -0.15) is 0 Å². The Hall–Kier alpha value is -2.78. The average molecular weight is 391 g/mol. The monoisotopic (exact) mass is 390 g/mol. The predicted molar refractivity (Wildman–Crippen MR) is 98.5 cm³/mol. The summed E-state index contributed by atoms with van der Waals surface area (Å²) in [6.45, 7) is 3.40. The van der Waals surface area contributed by atoms with Gasteiger partial charge in [-0.15, -0.1) is 0 Å². The number of likely N-dealkylation sites (N-methyl/N-ethyl adjacent to an activating group) is 2. The summed E-state index contributed by atoms with van der Waals surface area (Å²) in [6, 6.07) is 3.18. The standard InChI is InChI=1S/C17H19ClN6O3/c1-3-23(9-8-19-2)17(26)27-16-14-13(20-6-7-21-14)15(25)24(16)12-5-4-11(18)10-22-12/h4-7,10,16,19H,3,8-9H2,1-2H3. The van der Waals surface area contributed by atoms with Crippen LogP contribution in [0.25, 0.3) is 0 Å². The molecule has 0 radical (unpaired) electrons. The van der Waals surface area contributed by atoms with Gasteiger partial charge in [-0.1, -0.05) is 11.6 Å². The molecule has 2 amide bonds. The van der Waals surface area contributed by atoms with E-state index in [2.05, 4.69) is 20.3 Å². The molecule has 2 aromatic heterocycles. The number of hydrogen-bond donors (Lipinski definition) is 1. The number of anilines is 1. The van der Waals surface area contributed by atoms with Crippen molar-refractivity contribution in [3.05, 3.63) is 47.1 Å². The Morgan fingerprint density at radius 3 is 2.78 bits per heavy atom. The van der Waals surface area contributed by atoms with Crippen molar-refractivity contribution in [1.82, 2.24) is 25.2 Å². The first-order valence-corrected chi connectivity index (χ1v) is 8.80. The number of rotatable bonds is 6. The van der Waals surface area contributed by atoms with Crippen LogP contribution in [0.3, 0.4) is 0 Å². The summed E-state index contributed by atoms with van der Waals surface area (Å²) < 4.78 is 5.64. The zero-order valence-electron chi connectivity index (χ0n) is 14.9. The van der Waals surface area contributed by atoms with E-state index in [9.17, 15) is 9.59 Å². The van der Waals surface area contributed by atoms with Crippen LogP contribution >= 0.6 is 11.6 Å². The lowest BCUT2D eigenvalue weighted by atomic mass is 10.3. The summed E-state index contributed by atoms with van der Waals surface area (Å²) in [7, 11) is 1.80. The molecular formula is C17H19ClN6O3. The Morgan fingerprint density at radius 2 is 2.11 bits per heavy atom. The highest BCUT2D eigenvalue weighted by molar-refractivity contribution is 6.30. The number of aromatic nitrogens is 3. The molecule has 1 aliphatic rings. The maximum absolute atomic E-state index is 12.8. The Kier molecular flexibility index (Phi) is 5.82. The fourth-order valence-electron chi connectivity index (χ4n) is 2.68. The number of pyridine rings is 1. The van der Waals surface area contributed by atoms with E-state index in [-0.39, 0.29) is 11.4 Å². The second-order valence-corrected chi connectivity index (χ2v) is 6.16. The number of carbonyl (C=O) groups excluding carboxylic acids is 2. The van der Waals surface area contributed by atoms with Gasteiger partial charge in [0.05, 0.1) is 5.02 Å². The highest BCUT2D eigenvalue weighted by atomic mass is 35.5. The number of amides is 2. The third-order valence-electron chi connectivity index (χ3n) is 4.06. The zero-order valence-corrected chi connectivity index (χ0v) is 15.7. The summed E-state index contributed by atoms with van der Waals surface area (Å²) in [5.41, 5.74) is 0.405. The fourth-order valence-corrected chi connectivity index (χ4v) is 2.79. The van der Waals surface area contributed by atoms with Gasteiger partial charge in [0.1, 0.15) is 11.5 Å². The number of hydrogen-bond acceptors (Lipinski definition) is 7. The summed E-state index contributed by atoms with van der Waals surface area (Å²) in [4.78, 5) is 40.7. The van der Waals surface area contributed by atoms with Crippen LogP contribution in [0, 0.1) is 0 Å². The van der Waals surface area contributed by atoms with E-state index in [0.717, 1.165) is 0 Å². The van der Waals surface area contributed by atoms with Gasteiger partial charge in [-0.3, -0.25) is 9.78 Å². The number of ether oxygens (including phenoxy) is 1. The van der Waals surface area contributed by atoms with Crippen LogP contribution in [0.1, 0.15) is 29.3 Å². The van der Waals surface area contributed by atoms with E-state index < -0.39 is 18.2 Å². The molecule has 3 heterocycles. The predicted octanol–water partition coefficient (Wildman–Crippen LogP) is 1.86. The van der Waals surface area contributed by atoms with Gasteiger partial charge in [-0.25, -0.2) is 19.7 Å². The molecule has 0 aliphatic carbocycles. The van der Waals surface area contributed by atoms with Gasteiger partial charge in [0.25, 0.3) is 5.91 Å². The molecule has 0 aromatic carbocycles. The smallest absolute Gasteiger partial charge is 0.412 e. The Balaban J connectivity index is 1.92. The van der Waals surface area contributed by atoms with Crippen molar-refractivity contribution >= 4 is 29.4 Å². The van der Waals surface area contributed by atoms with Gasteiger partial charge in [0, 0.05) is 38.2 Å². The maximum Gasteiger partial charge on any atom is 0.412 e. The van der Waals surface area contributed by atoms with Crippen LogP contribution < -0.4 is 10.2 Å². The molecule has 9 nitrogen and oxygen atoms in total. The first-order valence-electron chi connectivity index (χ1n) is 8.43. The van der Waals surface area contributed by atoms with Crippen molar-refractivity contribution in [2.45, 2.75) is 13.2 Å². The molecule has 0 saturated heterocycles. The summed E-state index contributed by atoms with van der Waals surface area (Å²) >= 11 is 5.88. The van der Waals surface area contributed by atoms with Gasteiger partial charge in [0.15, 0.2) is 5.69 Å². The van der Waals surface area contributed by atoms with E-state index in [1.165, 1.54) is 28.4 Å². The van der Waals surface area contributed by atoms with Crippen LogP contribution in [0.2, 0.25) is 5.02 Å². The molecule has 3 rings (SSSR count). The van der Waals surface area contributed by atoms with Crippen molar-refractivity contribution in [2.75, 3.05) is 31.6 Å². The summed E-state index contributed by atoms with van der Waals surface area (Å²) in [6.07, 6.45) is 2.68. The third-order valence-corrected chi connectivity index (χ3v) is 4.28. The molecule has 2 aromatic rings. The van der Waals surface area contributed by atoms with E-state index in [0.29, 0.717) is 30.5 Å². The van der Waals surface area contributed by atoms with E-state index in [1.54, 1.807) is 19.2 Å². The number of nitrogens with zero attached hydrogens (tertiary/aromatic N) is 5. The summed E-state index contributed by atoms with van der Waals surface area (Å²) in [5.74, 6) is -0.149. The molecule has 1 N–H and O–H groups in total. The second-order valence-electron chi connectivity index (χ2n) is 5.72. The molecule has 0 bridgehead atoms. The molecular weight excluding hydrogens is 372 g/mol. The number of halogens is 1. The Morgan fingerprint density at radius 1 is 1.33 bits per heavy atom. The molecule has 0 spiro atoms. The van der Waals surface area contributed by atoms with Crippen molar-refractivity contribution < 1.29 is 14.3 Å². The van der Waals surface area contributed by atoms with Gasteiger partial charge in [0.2, 0.25) is 6.23 Å². The largest absolute Gasteiger partial charge is 0.419 e. The van der Waals surface area contributed by atoms with Gasteiger partial charge < -0.3 is 15.0 Å². The minimum Gasteiger partial charge on any atom is -0.419 e.